The number of methoxy groups -OCH3 is 1. The van der Waals surface area contributed by atoms with E-state index >= 15 is 0 Å². The number of carbonyl (C=O) groups excluding carboxylic acids is 2. The molecule has 8 nitrogen and oxygen atoms in total. The van der Waals surface area contributed by atoms with E-state index in [1.165, 1.54) is 0 Å². The summed E-state index contributed by atoms with van der Waals surface area (Å²) in [7, 11) is 1.64. The lowest BCUT2D eigenvalue weighted by molar-refractivity contribution is -0.139. The summed E-state index contributed by atoms with van der Waals surface area (Å²) in [5.41, 5.74) is 2.52. The molecule has 1 aromatic rings. The number of ketones is 1. The van der Waals surface area contributed by atoms with Gasteiger partial charge in [0.15, 0.2) is 0 Å². The van der Waals surface area contributed by atoms with Gasteiger partial charge in [-0.1, -0.05) is 18.2 Å². The van der Waals surface area contributed by atoms with E-state index in [0.717, 1.165) is 36.4 Å². The van der Waals surface area contributed by atoms with Gasteiger partial charge in [-0.05, 0) is 36.3 Å². The number of fused-ring (bicyclic) bond motifs is 1. The second-order valence-electron chi connectivity index (χ2n) is 9.51. The lowest BCUT2D eigenvalue weighted by atomic mass is 9.89. The maximum atomic E-state index is 13.3. The second kappa shape index (κ2) is 9.97. The van der Waals surface area contributed by atoms with Crippen LogP contribution in [0.1, 0.15) is 24.5 Å². The number of hydrogen-bond acceptors (Lipinski definition) is 7. The van der Waals surface area contributed by atoms with Crippen LogP contribution < -0.4 is 4.74 Å². The van der Waals surface area contributed by atoms with E-state index in [-0.39, 0.29) is 23.5 Å². The van der Waals surface area contributed by atoms with Crippen molar-refractivity contribution >= 4 is 17.4 Å². The van der Waals surface area contributed by atoms with Crippen molar-refractivity contribution in [3.8, 4) is 5.75 Å². The maximum absolute atomic E-state index is 13.3. The molecule has 0 spiro atoms. The van der Waals surface area contributed by atoms with E-state index in [0.29, 0.717) is 38.3 Å². The van der Waals surface area contributed by atoms with Crippen molar-refractivity contribution in [2.45, 2.75) is 38.0 Å². The lowest BCUT2D eigenvalue weighted by Crippen LogP contribution is -2.45. The number of amides is 1. The molecule has 5 rings (SSSR count). The zero-order chi connectivity index (χ0) is 24.5. The number of carbonyl (C=O) groups is 2. The molecule has 3 aliphatic heterocycles. The molecule has 1 aromatic carbocycles. The van der Waals surface area contributed by atoms with Crippen LogP contribution in [-0.4, -0.2) is 91.3 Å². The average Bonchev–Trinajstić information content (AvgIpc) is 3.38. The fourth-order valence-electron chi connectivity index (χ4n) is 5.33. The number of Topliss-reactive ketones (excluding diaryl/α,β-unsaturated/α-hetero) is 1. The van der Waals surface area contributed by atoms with Crippen molar-refractivity contribution < 1.29 is 28.9 Å². The molecule has 8 heteroatoms. The van der Waals surface area contributed by atoms with Crippen LogP contribution in [0.3, 0.4) is 0 Å². The van der Waals surface area contributed by atoms with Crippen molar-refractivity contribution in [1.82, 2.24) is 9.80 Å². The number of nitrogens with zero attached hydrogens (tertiary/aromatic N) is 2. The Morgan fingerprint density at radius 2 is 1.97 bits per heavy atom. The Balaban J connectivity index is 1.51. The monoisotopic (exact) mass is 480 g/mol. The number of aliphatic hydroxyl groups is 1. The number of ether oxygens (including phenoxy) is 3. The van der Waals surface area contributed by atoms with E-state index < -0.39 is 17.7 Å². The maximum Gasteiger partial charge on any atom is 0.295 e. The van der Waals surface area contributed by atoms with Gasteiger partial charge in [-0.25, -0.2) is 0 Å². The lowest BCUT2D eigenvalue weighted by Gasteiger charge is -2.32. The Hall–Kier alpha value is -2.94. The highest BCUT2D eigenvalue weighted by Crippen LogP contribution is 2.37. The van der Waals surface area contributed by atoms with Crippen molar-refractivity contribution in [3.63, 3.8) is 0 Å². The topological polar surface area (TPSA) is 88.5 Å². The van der Waals surface area contributed by atoms with Gasteiger partial charge in [0.25, 0.3) is 11.7 Å². The minimum atomic E-state index is -0.649. The quantitative estimate of drug-likeness (QED) is 0.380. The van der Waals surface area contributed by atoms with Crippen molar-refractivity contribution in [2.24, 2.45) is 0 Å². The molecule has 0 radical (unpaired) electrons. The van der Waals surface area contributed by atoms with E-state index in [1.807, 2.05) is 37.3 Å². The van der Waals surface area contributed by atoms with E-state index in [1.54, 1.807) is 18.1 Å². The number of morpholine rings is 1. The third-order valence-electron chi connectivity index (χ3n) is 7.20. The van der Waals surface area contributed by atoms with Gasteiger partial charge >= 0.3 is 0 Å². The minimum Gasteiger partial charge on any atom is -0.507 e. The third kappa shape index (κ3) is 4.66. The van der Waals surface area contributed by atoms with Crippen molar-refractivity contribution in [2.75, 3.05) is 46.5 Å². The smallest absolute Gasteiger partial charge is 0.295 e. The molecular weight excluding hydrogens is 448 g/mol. The fraction of sp³-hybridized carbons (Fsp3) is 0.481. The number of aliphatic hydroxyl groups excluding tert-OH is 1. The molecule has 1 amide bonds. The molecule has 1 aliphatic carbocycles. The first-order valence-electron chi connectivity index (χ1n) is 12.2. The van der Waals surface area contributed by atoms with Gasteiger partial charge in [-0.15, -0.1) is 0 Å². The molecule has 0 saturated carbocycles. The molecule has 3 heterocycles. The highest BCUT2D eigenvalue weighted by molar-refractivity contribution is 6.47. The fourth-order valence-corrected chi connectivity index (χ4v) is 5.33. The van der Waals surface area contributed by atoms with Crippen LogP contribution in [0.5, 0.6) is 5.75 Å². The first kappa shape index (κ1) is 23.8. The summed E-state index contributed by atoms with van der Waals surface area (Å²) in [5, 5.41) is 11.4. The summed E-state index contributed by atoms with van der Waals surface area (Å²) in [6, 6.07) is 4.79. The van der Waals surface area contributed by atoms with E-state index in [2.05, 4.69) is 4.90 Å². The third-order valence-corrected chi connectivity index (χ3v) is 7.20. The molecular formula is C27H32N2O6. The molecule has 2 saturated heterocycles. The Labute approximate surface area is 205 Å². The summed E-state index contributed by atoms with van der Waals surface area (Å²) >= 11 is 0. The predicted octanol–water partition coefficient (Wildman–Crippen LogP) is 2.29. The van der Waals surface area contributed by atoms with Crippen LogP contribution in [0.2, 0.25) is 0 Å². The SMILES string of the molecule is COC1C=CC=C(C2C(=C(O)c3ccc4c(c3)CC(C)O4)C(=O)C(=O)N2CCN2CCOCC2)C1. The average molecular weight is 481 g/mol. The van der Waals surface area contributed by atoms with Crippen molar-refractivity contribution in [3.05, 3.63) is 58.7 Å². The van der Waals surface area contributed by atoms with Gasteiger partial charge in [-0.2, -0.15) is 0 Å². The number of rotatable bonds is 6. The largest absolute Gasteiger partial charge is 0.507 e. The van der Waals surface area contributed by atoms with Crippen LogP contribution in [0.4, 0.5) is 0 Å². The van der Waals surface area contributed by atoms with Crippen LogP contribution >= 0.6 is 0 Å². The van der Waals surface area contributed by atoms with E-state index in [4.69, 9.17) is 14.2 Å². The van der Waals surface area contributed by atoms with Gasteiger partial charge in [0, 0.05) is 51.7 Å². The van der Waals surface area contributed by atoms with Gasteiger partial charge in [-0.3, -0.25) is 14.5 Å². The standard InChI is InChI=1S/C27H32N2O6/c1-17-14-20-15-19(6-7-22(20)35-17)25(30)23-24(18-4-3-5-21(16-18)33-2)29(27(32)26(23)31)9-8-28-10-12-34-13-11-28/h3-7,15,17,21,24,30H,8-14,16H2,1-2H3. The molecule has 1 N–H and O–H groups in total. The van der Waals surface area contributed by atoms with Gasteiger partial charge in [0.05, 0.1) is 30.9 Å². The molecule has 2 fully saturated rings. The van der Waals surface area contributed by atoms with Crippen LogP contribution in [0.15, 0.2) is 47.6 Å². The number of hydrogen-bond donors (Lipinski definition) is 1. The molecule has 35 heavy (non-hydrogen) atoms. The van der Waals surface area contributed by atoms with Gasteiger partial charge in [0.2, 0.25) is 0 Å². The summed E-state index contributed by atoms with van der Waals surface area (Å²) < 4.78 is 16.7. The Bertz CT molecular complexity index is 1100. The highest BCUT2D eigenvalue weighted by Gasteiger charge is 2.47. The predicted molar refractivity (Wildman–Crippen MR) is 130 cm³/mol. The summed E-state index contributed by atoms with van der Waals surface area (Å²) in [5.74, 6) is -0.579. The second-order valence-corrected chi connectivity index (χ2v) is 9.51. The van der Waals surface area contributed by atoms with Crippen LogP contribution in [0, 0.1) is 0 Å². The number of benzene rings is 1. The highest BCUT2D eigenvalue weighted by atomic mass is 16.5. The first-order chi connectivity index (χ1) is 17.0. The molecule has 0 aromatic heterocycles. The zero-order valence-electron chi connectivity index (χ0n) is 20.2. The number of likely N-dealkylation sites (tertiary alicyclic amines) is 1. The van der Waals surface area contributed by atoms with Gasteiger partial charge in [0.1, 0.15) is 17.6 Å². The summed E-state index contributed by atoms with van der Waals surface area (Å²) in [6.07, 6.45) is 6.97. The van der Waals surface area contributed by atoms with E-state index in [9.17, 15) is 14.7 Å². The Morgan fingerprint density at radius 3 is 2.74 bits per heavy atom. The van der Waals surface area contributed by atoms with Gasteiger partial charge < -0.3 is 24.2 Å². The van der Waals surface area contributed by atoms with Crippen molar-refractivity contribution in [1.29, 1.82) is 0 Å². The minimum absolute atomic E-state index is 0.0679. The van der Waals surface area contributed by atoms with Crippen LogP contribution in [0.25, 0.3) is 5.76 Å². The molecule has 0 bridgehead atoms. The Kier molecular flexibility index (Phi) is 6.77. The van der Waals surface area contributed by atoms with Crippen LogP contribution in [-0.2, 0) is 25.5 Å². The number of allylic oxidation sites excluding steroid dienone is 2. The molecule has 4 aliphatic rings. The molecule has 3 atom stereocenters. The summed E-state index contributed by atoms with van der Waals surface area (Å²) in [6.45, 7) is 5.93. The molecule has 3 unspecified atom stereocenters. The Morgan fingerprint density at radius 1 is 1.17 bits per heavy atom. The molecule has 186 valence electrons. The normalized spacial score (nSPS) is 28.2. The zero-order valence-corrected chi connectivity index (χ0v) is 20.2. The first-order valence-corrected chi connectivity index (χ1v) is 12.2. The summed E-state index contributed by atoms with van der Waals surface area (Å²) in [4.78, 5) is 30.4.